The van der Waals surface area contributed by atoms with Crippen molar-refractivity contribution in [2.75, 3.05) is 0 Å². The van der Waals surface area contributed by atoms with Gasteiger partial charge >= 0.3 is 5.97 Å². The van der Waals surface area contributed by atoms with Crippen molar-refractivity contribution in [3.63, 3.8) is 0 Å². The van der Waals surface area contributed by atoms with Gasteiger partial charge in [-0.05, 0) is 31.5 Å². The minimum absolute atomic E-state index is 0.202. The van der Waals surface area contributed by atoms with Gasteiger partial charge in [0.15, 0.2) is 0 Å². The minimum atomic E-state index is -0.969. The van der Waals surface area contributed by atoms with E-state index < -0.39 is 5.97 Å². The van der Waals surface area contributed by atoms with Crippen molar-refractivity contribution in [1.29, 1.82) is 0 Å². The molecule has 0 atom stereocenters. The summed E-state index contributed by atoms with van der Waals surface area (Å²) in [6.45, 7) is 4.05. The van der Waals surface area contributed by atoms with Gasteiger partial charge in [-0.2, -0.15) is 0 Å². The van der Waals surface area contributed by atoms with Crippen LogP contribution in [-0.2, 0) is 0 Å². The highest BCUT2D eigenvalue weighted by Crippen LogP contribution is 2.30. The van der Waals surface area contributed by atoms with Crippen molar-refractivity contribution in [1.82, 2.24) is 0 Å². The van der Waals surface area contributed by atoms with Gasteiger partial charge in [-0.3, -0.25) is 0 Å². The summed E-state index contributed by atoms with van der Waals surface area (Å²) >= 11 is 6.15. The van der Waals surface area contributed by atoms with Crippen LogP contribution in [0.1, 0.15) is 21.5 Å². The molecule has 0 spiro atoms. The molecule has 0 aliphatic carbocycles. The van der Waals surface area contributed by atoms with E-state index in [-0.39, 0.29) is 5.56 Å². The van der Waals surface area contributed by atoms with Crippen molar-refractivity contribution in [3.05, 3.63) is 58.1 Å². The molecule has 92 valence electrons. The summed E-state index contributed by atoms with van der Waals surface area (Å²) in [4.78, 5) is 10.9. The number of hydrogen-bond acceptors (Lipinski definition) is 1. The van der Waals surface area contributed by atoms with Crippen LogP contribution in [0.4, 0.5) is 0 Å². The van der Waals surface area contributed by atoms with E-state index in [2.05, 4.69) is 6.07 Å². The average Bonchev–Trinajstić information content (AvgIpc) is 2.27. The SMILES string of the molecule is Cc1cc(C)cc(-c2ccc(C(=O)O)cc2Cl)c1. The van der Waals surface area contributed by atoms with Gasteiger partial charge in [-0.25, -0.2) is 4.79 Å². The van der Waals surface area contributed by atoms with Crippen molar-refractivity contribution >= 4 is 17.6 Å². The highest BCUT2D eigenvalue weighted by molar-refractivity contribution is 6.33. The number of carboxylic acids is 1. The molecule has 18 heavy (non-hydrogen) atoms. The molecule has 1 N–H and O–H groups in total. The number of aromatic carboxylic acids is 1. The third-order valence-corrected chi connectivity index (χ3v) is 3.06. The van der Waals surface area contributed by atoms with Crippen LogP contribution in [0.15, 0.2) is 36.4 Å². The van der Waals surface area contributed by atoms with Gasteiger partial charge < -0.3 is 5.11 Å². The summed E-state index contributed by atoms with van der Waals surface area (Å²) < 4.78 is 0. The number of carboxylic acid groups (broad SMARTS) is 1. The zero-order valence-electron chi connectivity index (χ0n) is 10.2. The second-order valence-electron chi connectivity index (χ2n) is 4.38. The molecule has 0 fully saturated rings. The summed E-state index contributed by atoms with van der Waals surface area (Å²) in [6.07, 6.45) is 0. The number of halogens is 1. The molecule has 0 unspecified atom stereocenters. The Kier molecular flexibility index (Phi) is 3.39. The smallest absolute Gasteiger partial charge is 0.335 e. The van der Waals surface area contributed by atoms with Crippen molar-refractivity contribution in [3.8, 4) is 11.1 Å². The quantitative estimate of drug-likeness (QED) is 0.873. The molecule has 0 aliphatic heterocycles. The Balaban J connectivity index is 2.54. The van der Waals surface area contributed by atoms with Crippen LogP contribution < -0.4 is 0 Å². The third kappa shape index (κ3) is 2.54. The van der Waals surface area contributed by atoms with Crippen LogP contribution in [0.3, 0.4) is 0 Å². The molecule has 0 bridgehead atoms. The summed E-state index contributed by atoms with van der Waals surface area (Å²) in [5.74, 6) is -0.969. The van der Waals surface area contributed by atoms with E-state index in [1.165, 1.54) is 6.07 Å². The first kappa shape index (κ1) is 12.7. The molecule has 0 saturated heterocycles. The lowest BCUT2D eigenvalue weighted by atomic mass is 10.00. The van der Waals surface area contributed by atoms with Crippen molar-refractivity contribution in [2.24, 2.45) is 0 Å². The predicted molar refractivity (Wildman–Crippen MR) is 73.3 cm³/mol. The largest absolute Gasteiger partial charge is 0.478 e. The first-order chi connectivity index (χ1) is 8.47. The lowest BCUT2D eigenvalue weighted by Gasteiger charge is -2.08. The molecule has 2 nitrogen and oxygen atoms in total. The number of hydrogen-bond donors (Lipinski definition) is 1. The Hall–Kier alpha value is -1.80. The number of rotatable bonds is 2. The van der Waals surface area contributed by atoms with Gasteiger partial charge in [-0.15, -0.1) is 0 Å². The molecular weight excluding hydrogens is 248 g/mol. The monoisotopic (exact) mass is 260 g/mol. The summed E-state index contributed by atoms with van der Waals surface area (Å²) in [7, 11) is 0. The van der Waals surface area contributed by atoms with Gasteiger partial charge in [0.1, 0.15) is 0 Å². The van der Waals surface area contributed by atoms with E-state index in [1.54, 1.807) is 12.1 Å². The van der Waals surface area contributed by atoms with Gasteiger partial charge in [0.05, 0.1) is 5.56 Å². The summed E-state index contributed by atoms with van der Waals surface area (Å²) in [5, 5.41) is 9.36. The van der Waals surface area contributed by atoms with Gasteiger partial charge in [0.25, 0.3) is 0 Å². The summed E-state index contributed by atoms with van der Waals surface area (Å²) in [5.41, 5.74) is 4.38. The second kappa shape index (κ2) is 4.83. The number of carbonyl (C=O) groups is 1. The van der Waals surface area contributed by atoms with Gasteiger partial charge in [0, 0.05) is 10.6 Å². The van der Waals surface area contributed by atoms with Crippen LogP contribution >= 0.6 is 11.6 Å². The maximum Gasteiger partial charge on any atom is 0.335 e. The van der Waals surface area contributed by atoms with Crippen LogP contribution in [0.5, 0.6) is 0 Å². The lowest BCUT2D eigenvalue weighted by Crippen LogP contribution is -1.96. The predicted octanol–water partition coefficient (Wildman–Crippen LogP) is 4.32. The Labute approximate surface area is 111 Å². The van der Waals surface area contributed by atoms with E-state index >= 15 is 0 Å². The summed E-state index contributed by atoms with van der Waals surface area (Å²) in [6, 6.07) is 11.0. The molecule has 0 heterocycles. The molecule has 0 aromatic heterocycles. The molecular formula is C15H13ClO2. The topological polar surface area (TPSA) is 37.3 Å². The highest BCUT2D eigenvalue weighted by atomic mass is 35.5. The zero-order chi connectivity index (χ0) is 13.3. The van der Waals surface area contributed by atoms with E-state index in [4.69, 9.17) is 16.7 Å². The molecule has 0 saturated carbocycles. The normalized spacial score (nSPS) is 10.4. The van der Waals surface area contributed by atoms with Gasteiger partial charge in [0.2, 0.25) is 0 Å². The maximum absolute atomic E-state index is 10.9. The van der Waals surface area contributed by atoms with Gasteiger partial charge in [-0.1, -0.05) is 47.0 Å². The molecule has 2 rings (SSSR count). The third-order valence-electron chi connectivity index (χ3n) is 2.75. The first-order valence-electron chi connectivity index (χ1n) is 5.59. The average molecular weight is 261 g/mol. The van der Waals surface area contributed by atoms with E-state index in [0.717, 1.165) is 22.3 Å². The van der Waals surface area contributed by atoms with E-state index in [1.807, 2.05) is 26.0 Å². The first-order valence-corrected chi connectivity index (χ1v) is 5.96. The van der Waals surface area contributed by atoms with Crippen LogP contribution in [0.25, 0.3) is 11.1 Å². The minimum Gasteiger partial charge on any atom is -0.478 e. The Morgan fingerprint density at radius 3 is 2.17 bits per heavy atom. The Bertz CT molecular complexity index is 598. The van der Waals surface area contributed by atoms with Crippen molar-refractivity contribution in [2.45, 2.75) is 13.8 Å². The maximum atomic E-state index is 10.9. The molecule has 2 aromatic carbocycles. The molecule has 0 amide bonds. The fourth-order valence-electron chi connectivity index (χ4n) is 2.01. The lowest BCUT2D eigenvalue weighted by molar-refractivity contribution is 0.0697. The fraction of sp³-hybridized carbons (Fsp3) is 0.133. The Morgan fingerprint density at radius 1 is 1.06 bits per heavy atom. The standard InChI is InChI=1S/C15H13ClO2/c1-9-5-10(2)7-12(6-9)13-4-3-11(15(17)18)8-14(13)16/h3-8H,1-2H3,(H,17,18). The molecule has 2 aromatic rings. The Morgan fingerprint density at radius 2 is 1.67 bits per heavy atom. The van der Waals surface area contributed by atoms with Crippen LogP contribution in [0, 0.1) is 13.8 Å². The van der Waals surface area contributed by atoms with E-state index in [9.17, 15) is 4.79 Å². The fourth-order valence-corrected chi connectivity index (χ4v) is 2.30. The van der Waals surface area contributed by atoms with E-state index in [0.29, 0.717) is 5.02 Å². The molecule has 0 aliphatic rings. The second-order valence-corrected chi connectivity index (χ2v) is 4.78. The van der Waals surface area contributed by atoms with Crippen LogP contribution in [-0.4, -0.2) is 11.1 Å². The van der Waals surface area contributed by atoms with Crippen LogP contribution in [0.2, 0.25) is 5.02 Å². The highest BCUT2D eigenvalue weighted by Gasteiger charge is 2.09. The number of aryl methyl sites for hydroxylation is 2. The molecule has 3 heteroatoms. The van der Waals surface area contributed by atoms with Crippen molar-refractivity contribution < 1.29 is 9.90 Å². The molecule has 0 radical (unpaired) electrons. The zero-order valence-corrected chi connectivity index (χ0v) is 11.0. The number of benzene rings is 2.